The van der Waals surface area contributed by atoms with Crippen molar-refractivity contribution >= 4 is 24.4 Å². The number of carbonyl (C=O) groups is 1. The number of guanidine groups is 1. The summed E-state index contributed by atoms with van der Waals surface area (Å²) in [6.07, 6.45) is -6.75. The molecule has 7 nitrogen and oxygen atoms in total. The minimum absolute atomic E-state index is 0.251. The maximum Gasteiger partial charge on any atom is 0.416 e. The molecule has 0 aliphatic heterocycles. The van der Waals surface area contributed by atoms with Crippen LogP contribution in [0.5, 0.6) is 0 Å². The van der Waals surface area contributed by atoms with Crippen LogP contribution in [0.15, 0.2) is 63.8 Å². The molecule has 2 N–H and O–H groups in total. The summed E-state index contributed by atoms with van der Waals surface area (Å²) in [7, 11) is 2.81. The lowest BCUT2D eigenvalue weighted by atomic mass is 10.1. The second kappa shape index (κ2) is 10.1. The minimum atomic E-state index is -4.50. The van der Waals surface area contributed by atoms with E-state index in [0.29, 0.717) is 10.6 Å². The molecule has 2 amide bonds. The van der Waals surface area contributed by atoms with Gasteiger partial charge in [-0.3, -0.25) is 0 Å². The van der Waals surface area contributed by atoms with E-state index in [0.717, 1.165) is 53.7 Å². The first kappa shape index (κ1) is 25.4. The van der Waals surface area contributed by atoms with Gasteiger partial charge in [0.15, 0.2) is 0 Å². The Kier molecular flexibility index (Phi) is 7.80. The van der Waals surface area contributed by atoms with E-state index in [1.54, 1.807) is 0 Å². The van der Waals surface area contributed by atoms with Crippen LogP contribution in [0.2, 0.25) is 0 Å². The number of nitrogens with zero attached hydrogens (tertiary/aromatic N) is 5. The van der Waals surface area contributed by atoms with Gasteiger partial charge in [0.05, 0.1) is 23.6 Å². The fourth-order valence-electron chi connectivity index (χ4n) is 2.23. The number of halogens is 6. The number of rotatable bonds is 4. The van der Waals surface area contributed by atoms with Crippen molar-refractivity contribution in [1.29, 1.82) is 0 Å². The van der Waals surface area contributed by atoms with Crippen LogP contribution >= 0.6 is 0 Å². The molecule has 13 heteroatoms. The molecule has 0 aliphatic rings. The molecular weight excluding hydrogens is 454 g/mol. The van der Waals surface area contributed by atoms with Gasteiger partial charge in [-0.2, -0.15) is 36.5 Å². The van der Waals surface area contributed by atoms with Gasteiger partial charge >= 0.3 is 18.4 Å². The first-order valence-corrected chi connectivity index (χ1v) is 9.05. The quantitative estimate of drug-likeness (QED) is 0.310. The summed E-state index contributed by atoms with van der Waals surface area (Å²) in [5.41, 5.74) is 4.61. The van der Waals surface area contributed by atoms with Gasteiger partial charge in [0, 0.05) is 14.1 Å². The van der Waals surface area contributed by atoms with Gasteiger partial charge in [-0.25, -0.2) is 4.79 Å². The standard InChI is InChI=1S/C20H18F6N6O/c1-31(2)18(33)32(29-12-14-5-9-16(10-6-14)20(24,25)26)17(27)30-28-11-13-3-7-15(8-4-13)19(21,22)23/h3-12H,1-2H3,(H2,27,30). The molecule has 2 aromatic carbocycles. The molecule has 0 heterocycles. The first-order valence-electron chi connectivity index (χ1n) is 9.05. The van der Waals surface area contributed by atoms with Crippen molar-refractivity contribution in [2.24, 2.45) is 21.0 Å². The Morgan fingerprint density at radius 3 is 1.64 bits per heavy atom. The average Bonchev–Trinajstić information content (AvgIpc) is 2.73. The number of hydrazone groups is 1. The van der Waals surface area contributed by atoms with E-state index < -0.39 is 35.5 Å². The highest BCUT2D eigenvalue weighted by Gasteiger charge is 2.30. The molecule has 0 saturated heterocycles. The molecule has 0 spiro atoms. The van der Waals surface area contributed by atoms with Crippen molar-refractivity contribution < 1.29 is 31.1 Å². The lowest BCUT2D eigenvalue weighted by molar-refractivity contribution is -0.138. The van der Waals surface area contributed by atoms with Crippen LogP contribution in [0, 0.1) is 0 Å². The smallest absolute Gasteiger partial charge is 0.366 e. The van der Waals surface area contributed by atoms with Crippen molar-refractivity contribution in [2.75, 3.05) is 14.1 Å². The molecule has 0 aromatic heterocycles. The summed E-state index contributed by atoms with van der Waals surface area (Å²) in [6, 6.07) is 7.35. The maximum absolute atomic E-state index is 12.7. The van der Waals surface area contributed by atoms with E-state index in [9.17, 15) is 31.1 Å². The number of urea groups is 1. The highest BCUT2D eigenvalue weighted by Crippen LogP contribution is 2.29. The molecule has 0 bridgehead atoms. The zero-order valence-corrected chi connectivity index (χ0v) is 17.3. The van der Waals surface area contributed by atoms with Crippen molar-refractivity contribution in [3.63, 3.8) is 0 Å². The Hall–Kier alpha value is -3.90. The number of hydrogen-bond acceptors (Lipinski definition) is 4. The summed E-state index contributed by atoms with van der Waals surface area (Å²) in [6.45, 7) is 0. The Bertz CT molecular complexity index is 1040. The van der Waals surface area contributed by atoms with Crippen LogP contribution in [0.4, 0.5) is 31.1 Å². The van der Waals surface area contributed by atoms with Crippen LogP contribution in [0.1, 0.15) is 22.3 Å². The number of carbonyl (C=O) groups excluding carboxylic acids is 1. The third kappa shape index (κ3) is 7.33. The topological polar surface area (TPSA) is 86.7 Å². The van der Waals surface area contributed by atoms with Crippen molar-refractivity contribution in [2.45, 2.75) is 12.4 Å². The zero-order chi connectivity index (χ0) is 24.8. The van der Waals surface area contributed by atoms with Crippen LogP contribution in [-0.4, -0.2) is 48.4 Å². The molecule has 0 fully saturated rings. The van der Waals surface area contributed by atoms with Crippen LogP contribution in [0.3, 0.4) is 0 Å². The molecule has 0 unspecified atom stereocenters. The Morgan fingerprint density at radius 2 is 1.24 bits per heavy atom. The molecule has 0 aliphatic carbocycles. The molecule has 33 heavy (non-hydrogen) atoms. The van der Waals surface area contributed by atoms with E-state index in [-0.39, 0.29) is 5.56 Å². The Morgan fingerprint density at radius 1 is 0.818 bits per heavy atom. The molecular formula is C20H18F6N6O. The maximum atomic E-state index is 12.7. The number of alkyl halides is 6. The third-order valence-electron chi connectivity index (χ3n) is 3.95. The zero-order valence-electron chi connectivity index (χ0n) is 17.3. The van der Waals surface area contributed by atoms with Gasteiger partial charge in [-0.05, 0) is 35.4 Å². The van der Waals surface area contributed by atoms with E-state index in [2.05, 4.69) is 15.3 Å². The van der Waals surface area contributed by atoms with Crippen molar-refractivity contribution in [3.05, 3.63) is 70.8 Å². The van der Waals surface area contributed by atoms with E-state index in [1.165, 1.54) is 26.2 Å². The highest BCUT2D eigenvalue weighted by atomic mass is 19.4. The normalized spacial score (nSPS) is 13.0. The third-order valence-corrected chi connectivity index (χ3v) is 3.95. The number of nitrogens with two attached hydrogens (primary N) is 1. The summed E-state index contributed by atoms with van der Waals surface area (Å²) in [5.74, 6) is -0.486. The summed E-state index contributed by atoms with van der Waals surface area (Å²) < 4.78 is 75.8. The number of hydrogen-bond donors (Lipinski definition) is 1. The Balaban J connectivity index is 2.20. The summed E-state index contributed by atoms with van der Waals surface area (Å²) in [4.78, 5) is 13.4. The minimum Gasteiger partial charge on any atom is -0.366 e. The predicted molar refractivity (Wildman–Crippen MR) is 111 cm³/mol. The first-order chi connectivity index (χ1) is 15.3. The highest BCUT2D eigenvalue weighted by molar-refractivity contribution is 5.96. The SMILES string of the molecule is CN(C)C(=O)N(N=Cc1ccc(C(F)(F)F)cc1)C(N)=NN=Cc1ccc(C(F)(F)F)cc1. The molecule has 2 rings (SSSR count). The summed E-state index contributed by atoms with van der Waals surface area (Å²) >= 11 is 0. The lowest BCUT2D eigenvalue weighted by Crippen LogP contribution is -2.43. The van der Waals surface area contributed by atoms with E-state index >= 15 is 0 Å². The monoisotopic (exact) mass is 472 g/mol. The molecule has 0 saturated carbocycles. The van der Waals surface area contributed by atoms with Gasteiger partial charge in [0.25, 0.3) is 0 Å². The summed E-state index contributed by atoms with van der Waals surface area (Å²) in [5, 5.41) is 11.8. The molecule has 0 radical (unpaired) electrons. The molecule has 0 atom stereocenters. The van der Waals surface area contributed by atoms with Gasteiger partial charge in [0.2, 0.25) is 5.96 Å². The van der Waals surface area contributed by atoms with Crippen molar-refractivity contribution in [1.82, 2.24) is 9.91 Å². The Labute approximate surface area is 184 Å². The van der Waals surface area contributed by atoms with E-state index in [1.807, 2.05) is 0 Å². The molecule has 2 aromatic rings. The average molecular weight is 472 g/mol. The van der Waals surface area contributed by atoms with Gasteiger partial charge in [-0.15, -0.1) is 10.1 Å². The fraction of sp³-hybridized carbons (Fsp3) is 0.200. The second-order valence-corrected chi connectivity index (χ2v) is 6.68. The van der Waals surface area contributed by atoms with Crippen molar-refractivity contribution in [3.8, 4) is 0 Å². The fourth-order valence-corrected chi connectivity index (χ4v) is 2.23. The van der Waals surface area contributed by atoms with E-state index in [4.69, 9.17) is 5.73 Å². The van der Waals surface area contributed by atoms with Crippen LogP contribution < -0.4 is 5.73 Å². The van der Waals surface area contributed by atoms with Crippen LogP contribution in [-0.2, 0) is 12.4 Å². The number of benzene rings is 2. The lowest BCUT2D eigenvalue weighted by Gasteiger charge is -2.19. The predicted octanol–water partition coefficient (Wildman–Crippen LogP) is 4.39. The van der Waals surface area contributed by atoms with Gasteiger partial charge in [0.1, 0.15) is 0 Å². The van der Waals surface area contributed by atoms with Gasteiger partial charge in [-0.1, -0.05) is 24.3 Å². The second-order valence-electron chi connectivity index (χ2n) is 6.68. The van der Waals surface area contributed by atoms with Crippen LogP contribution in [0.25, 0.3) is 0 Å². The largest absolute Gasteiger partial charge is 0.416 e. The molecule has 176 valence electrons. The van der Waals surface area contributed by atoms with Gasteiger partial charge < -0.3 is 10.6 Å². The number of amides is 2.